The Labute approximate surface area is 178 Å². The van der Waals surface area contributed by atoms with Crippen molar-refractivity contribution in [1.29, 1.82) is 0 Å². The van der Waals surface area contributed by atoms with Crippen LogP contribution in [0.2, 0.25) is 0 Å². The molecular weight excluding hydrogens is 378 g/mol. The zero-order valence-corrected chi connectivity index (χ0v) is 17.5. The van der Waals surface area contributed by atoms with Crippen LogP contribution in [0.5, 0.6) is 0 Å². The molecule has 6 heteroatoms. The van der Waals surface area contributed by atoms with E-state index in [9.17, 15) is 9.59 Å². The second kappa shape index (κ2) is 9.94. The molecule has 1 aliphatic carbocycles. The van der Waals surface area contributed by atoms with Gasteiger partial charge < -0.3 is 14.6 Å². The summed E-state index contributed by atoms with van der Waals surface area (Å²) in [5.41, 5.74) is 1.24. The maximum absolute atomic E-state index is 13.2. The van der Waals surface area contributed by atoms with E-state index in [1.807, 2.05) is 23.1 Å². The molecule has 160 valence electrons. The lowest BCUT2D eigenvalue weighted by atomic mass is 9.95. The summed E-state index contributed by atoms with van der Waals surface area (Å²) in [4.78, 5) is 29.8. The number of rotatable bonds is 7. The number of hydrogen-bond donors (Lipinski definition) is 1. The monoisotopic (exact) mass is 409 g/mol. The molecule has 2 aromatic rings. The predicted octanol–water partition coefficient (Wildman–Crippen LogP) is 2.96. The first-order valence-electron chi connectivity index (χ1n) is 11.1. The molecule has 1 atom stereocenters. The first-order valence-corrected chi connectivity index (χ1v) is 11.1. The topological polar surface area (TPSA) is 65.8 Å². The van der Waals surface area contributed by atoms with Crippen LogP contribution in [0.4, 0.5) is 0 Å². The molecule has 1 saturated carbocycles. The van der Waals surface area contributed by atoms with Crippen LogP contribution in [0.3, 0.4) is 0 Å². The summed E-state index contributed by atoms with van der Waals surface area (Å²) in [6, 6.07) is 13.6. The second-order valence-corrected chi connectivity index (χ2v) is 8.32. The molecule has 4 rings (SSSR count). The van der Waals surface area contributed by atoms with Gasteiger partial charge >= 0.3 is 0 Å². The van der Waals surface area contributed by atoms with Crippen LogP contribution >= 0.6 is 0 Å². The maximum Gasteiger partial charge on any atom is 0.289 e. The van der Waals surface area contributed by atoms with Crippen molar-refractivity contribution in [2.24, 2.45) is 5.92 Å². The minimum absolute atomic E-state index is 0.0654. The lowest BCUT2D eigenvalue weighted by Crippen LogP contribution is -2.58. The molecule has 2 aliphatic rings. The van der Waals surface area contributed by atoms with E-state index in [-0.39, 0.29) is 17.9 Å². The van der Waals surface area contributed by atoms with E-state index in [0.29, 0.717) is 31.3 Å². The van der Waals surface area contributed by atoms with Gasteiger partial charge in [0.2, 0.25) is 5.91 Å². The van der Waals surface area contributed by atoms with E-state index in [1.54, 1.807) is 12.1 Å². The van der Waals surface area contributed by atoms with Crippen molar-refractivity contribution in [2.75, 3.05) is 32.7 Å². The molecule has 1 aromatic heterocycles. The van der Waals surface area contributed by atoms with Crippen LogP contribution in [-0.4, -0.2) is 60.4 Å². The number of nitrogens with zero attached hydrogens (tertiary/aromatic N) is 2. The largest absolute Gasteiger partial charge is 0.459 e. The highest BCUT2D eigenvalue weighted by molar-refractivity contribution is 5.91. The van der Waals surface area contributed by atoms with Crippen molar-refractivity contribution < 1.29 is 14.0 Å². The number of piperazine rings is 1. The third kappa shape index (κ3) is 4.93. The summed E-state index contributed by atoms with van der Waals surface area (Å²) in [5.74, 6) is 0.872. The Kier molecular flexibility index (Phi) is 6.84. The molecule has 30 heavy (non-hydrogen) atoms. The SMILES string of the molecule is O=C(NCCc1ccccc1)[C@@H](C1CCCC1)N1CCN(C(=O)c2ccco2)CC1. The Bertz CT molecular complexity index is 807. The molecule has 0 radical (unpaired) electrons. The Morgan fingerprint density at radius 2 is 1.73 bits per heavy atom. The maximum atomic E-state index is 13.2. The summed E-state index contributed by atoms with van der Waals surface area (Å²) in [7, 11) is 0. The number of furan rings is 1. The molecular formula is C24H31N3O3. The number of benzene rings is 1. The number of nitrogens with one attached hydrogen (secondary N) is 1. The normalized spacial score (nSPS) is 19.0. The van der Waals surface area contributed by atoms with E-state index < -0.39 is 0 Å². The molecule has 6 nitrogen and oxygen atoms in total. The van der Waals surface area contributed by atoms with Crippen LogP contribution in [0.1, 0.15) is 41.8 Å². The number of hydrogen-bond acceptors (Lipinski definition) is 4. The van der Waals surface area contributed by atoms with E-state index in [2.05, 4.69) is 22.3 Å². The van der Waals surface area contributed by atoms with Gasteiger partial charge in [-0.2, -0.15) is 0 Å². The molecule has 2 fully saturated rings. The van der Waals surface area contributed by atoms with Crippen LogP contribution in [-0.2, 0) is 11.2 Å². The van der Waals surface area contributed by atoms with Gasteiger partial charge in [-0.05, 0) is 42.9 Å². The molecule has 1 aromatic carbocycles. The summed E-state index contributed by atoms with van der Waals surface area (Å²) in [5, 5.41) is 3.19. The van der Waals surface area contributed by atoms with E-state index in [4.69, 9.17) is 4.42 Å². The summed E-state index contributed by atoms with van der Waals surface area (Å²) in [6.45, 7) is 3.35. The third-order valence-electron chi connectivity index (χ3n) is 6.40. The van der Waals surface area contributed by atoms with Gasteiger partial charge in [0.1, 0.15) is 0 Å². The van der Waals surface area contributed by atoms with E-state index in [0.717, 1.165) is 32.4 Å². The molecule has 1 N–H and O–H groups in total. The van der Waals surface area contributed by atoms with Crippen LogP contribution < -0.4 is 5.32 Å². The molecule has 1 saturated heterocycles. The van der Waals surface area contributed by atoms with E-state index >= 15 is 0 Å². The zero-order valence-electron chi connectivity index (χ0n) is 17.5. The van der Waals surface area contributed by atoms with Crippen molar-refractivity contribution >= 4 is 11.8 Å². The fraction of sp³-hybridized carbons (Fsp3) is 0.500. The van der Waals surface area contributed by atoms with Gasteiger partial charge in [-0.15, -0.1) is 0 Å². The van der Waals surface area contributed by atoms with Crippen LogP contribution in [0.15, 0.2) is 53.1 Å². The van der Waals surface area contributed by atoms with Gasteiger partial charge in [0.25, 0.3) is 5.91 Å². The Balaban J connectivity index is 1.34. The third-order valence-corrected chi connectivity index (χ3v) is 6.40. The second-order valence-electron chi connectivity index (χ2n) is 8.32. The van der Waals surface area contributed by atoms with Gasteiger partial charge in [0.15, 0.2) is 5.76 Å². The van der Waals surface area contributed by atoms with E-state index in [1.165, 1.54) is 24.7 Å². The molecule has 0 unspecified atom stereocenters. The molecule has 0 bridgehead atoms. The highest BCUT2D eigenvalue weighted by atomic mass is 16.3. The van der Waals surface area contributed by atoms with Crippen LogP contribution in [0, 0.1) is 5.92 Å². The number of carbonyl (C=O) groups excluding carboxylic acids is 2. The molecule has 1 aliphatic heterocycles. The van der Waals surface area contributed by atoms with Gasteiger partial charge in [-0.25, -0.2) is 0 Å². The molecule has 0 spiro atoms. The lowest BCUT2D eigenvalue weighted by molar-refractivity contribution is -0.129. The van der Waals surface area contributed by atoms with Gasteiger partial charge in [-0.3, -0.25) is 14.5 Å². The summed E-state index contributed by atoms with van der Waals surface area (Å²) >= 11 is 0. The van der Waals surface area contributed by atoms with Gasteiger partial charge in [-0.1, -0.05) is 43.2 Å². The Morgan fingerprint density at radius 3 is 2.40 bits per heavy atom. The number of carbonyl (C=O) groups is 2. The average molecular weight is 410 g/mol. The van der Waals surface area contributed by atoms with Crippen molar-refractivity contribution in [1.82, 2.24) is 15.1 Å². The average Bonchev–Trinajstić information content (AvgIpc) is 3.49. The highest BCUT2D eigenvalue weighted by Gasteiger charge is 2.37. The number of amides is 2. The smallest absolute Gasteiger partial charge is 0.289 e. The highest BCUT2D eigenvalue weighted by Crippen LogP contribution is 2.31. The van der Waals surface area contributed by atoms with Crippen LogP contribution in [0.25, 0.3) is 0 Å². The lowest BCUT2D eigenvalue weighted by Gasteiger charge is -2.40. The van der Waals surface area contributed by atoms with Gasteiger partial charge in [0.05, 0.1) is 12.3 Å². The minimum atomic E-state index is -0.0934. The molecule has 2 amide bonds. The van der Waals surface area contributed by atoms with Gasteiger partial charge in [0, 0.05) is 32.7 Å². The van der Waals surface area contributed by atoms with Crippen molar-refractivity contribution in [2.45, 2.75) is 38.1 Å². The predicted molar refractivity (Wildman–Crippen MR) is 115 cm³/mol. The van der Waals surface area contributed by atoms with Crippen molar-refractivity contribution in [3.63, 3.8) is 0 Å². The summed E-state index contributed by atoms with van der Waals surface area (Å²) in [6.07, 6.45) is 7.00. The minimum Gasteiger partial charge on any atom is -0.459 e. The fourth-order valence-corrected chi connectivity index (χ4v) is 4.79. The summed E-state index contributed by atoms with van der Waals surface area (Å²) < 4.78 is 5.25. The fourth-order valence-electron chi connectivity index (χ4n) is 4.79. The Hall–Kier alpha value is -2.60. The van der Waals surface area contributed by atoms with Crippen molar-refractivity contribution in [3.8, 4) is 0 Å². The Morgan fingerprint density at radius 1 is 1.00 bits per heavy atom. The first-order chi connectivity index (χ1) is 14.7. The van der Waals surface area contributed by atoms with Crippen molar-refractivity contribution in [3.05, 3.63) is 60.1 Å². The zero-order chi connectivity index (χ0) is 20.8. The standard InChI is InChI=1S/C24H31N3O3/c28-23(25-13-12-19-7-2-1-3-8-19)22(20-9-4-5-10-20)26-14-16-27(17-15-26)24(29)21-11-6-18-30-21/h1-3,6-8,11,18,20,22H,4-5,9-10,12-17H2,(H,25,28)/t22-/m1/s1. The quantitative estimate of drug-likeness (QED) is 0.764. The first kappa shape index (κ1) is 20.7. The molecule has 2 heterocycles.